The van der Waals surface area contributed by atoms with Crippen molar-refractivity contribution in [1.29, 1.82) is 0 Å². The van der Waals surface area contributed by atoms with E-state index in [-0.39, 0.29) is 0 Å². The molecule has 0 aliphatic heterocycles. The minimum Gasteiger partial charge on any atom is -0.329 e. The molecule has 13 heavy (non-hydrogen) atoms. The SMILES string of the molecule is CN(C)CCCCCN(C)CCN. The standard InChI is InChI=1S/C10H25N3/c1-12(2)8-5-4-6-9-13(3)10-7-11/h4-11H2,1-3H3. The molecular weight excluding hydrogens is 162 g/mol. The molecule has 0 aromatic heterocycles. The van der Waals surface area contributed by atoms with Crippen molar-refractivity contribution in [2.24, 2.45) is 5.73 Å². The van der Waals surface area contributed by atoms with Crippen molar-refractivity contribution < 1.29 is 0 Å². The van der Waals surface area contributed by atoms with Gasteiger partial charge in [0.05, 0.1) is 0 Å². The first-order valence-electron chi connectivity index (χ1n) is 5.20. The first kappa shape index (κ1) is 12.9. The lowest BCUT2D eigenvalue weighted by Crippen LogP contribution is -2.26. The van der Waals surface area contributed by atoms with Crippen LogP contribution in [-0.2, 0) is 0 Å². The lowest BCUT2D eigenvalue weighted by molar-refractivity contribution is 0.325. The number of nitrogens with zero attached hydrogens (tertiary/aromatic N) is 2. The van der Waals surface area contributed by atoms with Gasteiger partial charge >= 0.3 is 0 Å². The van der Waals surface area contributed by atoms with Crippen LogP contribution in [0.1, 0.15) is 19.3 Å². The van der Waals surface area contributed by atoms with E-state index in [1.807, 2.05) is 0 Å². The Morgan fingerprint density at radius 2 is 1.46 bits per heavy atom. The zero-order valence-electron chi connectivity index (χ0n) is 9.42. The van der Waals surface area contributed by atoms with E-state index in [2.05, 4.69) is 30.9 Å². The van der Waals surface area contributed by atoms with Crippen molar-refractivity contribution in [1.82, 2.24) is 9.80 Å². The number of unbranched alkanes of at least 4 members (excludes halogenated alkanes) is 2. The minimum absolute atomic E-state index is 0.772. The van der Waals surface area contributed by atoms with Crippen molar-refractivity contribution >= 4 is 0 Å². The van der Waals surface area contributed by atoms with Gasteiger partial charge in [0, 0.05) is 13.1 Å². The fraction of sp³-hybridized carbons (Fsp3) is 1.00. The maximum absolute atomic E-state index is 5.45. The van der Waals surface area contributed by atoms with Crippen molar-refractivity contribution in [2.45, 2.75) is 19.3 Å². The fourth-order valence-electron chi connectivity index (χ4n) is 1.32. The molecule has 0 bridgehead atoms. The Labute approximate surface area is 82.9 Å². The van der Waals surface area contributed by atoms with Crippen molar-refractivity contribution in [3.05, 3.63) is 0 Å². The van der Waals surface area contributed by atoms with Gasteiger partial charge in [0.25, 0.3) is 0 Å². The van der Waals surface area contributed by atoms with Gasteiger partial charge in [0.15, 0.2) is 0 Å². The summed E-state index contributed by atoms with van der Waals surface area (Å²) in [6, 6.07) is 0. The third-order valence-corrected chi connectivity index (χ3v) is 2.16. The number of hydrogen-bond acceptors (Lipinski definition) is 3. The normalized spacial score (nSPS) is 11.5. The molecule has 0 rings (SSSR count). The van der Waals surface area contributed by atoms with Crippen LogP contribution in [0.25, 0.3) is 0 Å². The molecule has 0 aromatic carbocycles. The van der Waals surface area contributed by atoms with Crippen LogP contribution in [-0.4, -0.2) is 57.1 Å². The monoisotopic (exact) mass is 187 g/mol. The molecule has 2 N–H and O–H groups in total. The Kier molecular flexibility index (Phi) is 8.40. The Hall–Kier alpha value is -0.120. The largest absolute Gasteiger partial charge is 0.329 e. The van der Waals surface area contributed by atoms with Gasteiger partial charge in [-0.25, -0.2) is 0 Å². The topological polar surface area (TPSA) is 32.5 Å². The zero-order valence-corrected chi connectivity index (χ0v) is 9.42. The maximum atomic E-state index is 5.45. The van der Waals surface area contributed by atoms with Gasteiger partial charge in [0.2, 0.25) is 0 Å². The number of hydrogen-bond donors (Lipinski definition) is 1. The van der Waals surface area contributed by atoms with Gasteiger partial charge in [-0.15, -0.1) is 0 Å². The van der Waals surface area contributed by atoms with Gasteiger partial charge < -0.3 is 15.5 Å². The molecule has 3 heteroatoms. The zero-order chi connectivity index (χ0) is 10.1. The van der Waals surface area contributed by atoms with E-state index < -0.39 is 0 Å². The summed E-state index contributed by atoms with van der Waals surface area (Å²) in [5.74, 6) is 0. The summed E-state index contributed by atoms with van der Waals surface area (Å²) in [6.45, 7) is 4.19. The second-order valence-corrected chi connectivity index (χ2v) is 3.96. The summed E-state index contributed by atoms with van der Waals surface area (Å²) in [4.78, 5) is 4.54. The number of likely N-dealkylation sites (N-methyl/N-ethyl adjacent to an activating group) is 1. The molecule has 0 amide bonds. The second-order valence-electron chi connectivity index (χ2n) is 3.96. The highest BCUT2D eigenvalue weighted by Gasteiger charge is 1.96. The Balaban J connectivity index is 3.06. The highest BCUT2D eigenvalue weighted by Crippen LogP contribution is 1.97. The van der Waals surface area contributed by atoms with E-state index in [1.54, 1.807) is 0 Å². The van der Waals surface area contributed by atoms with Crippen LogP contribution in [0.15, 0.2) is 0 Å². The molecule has 3 nitrogen and oxygen atoms in total. The highest BCUT2D eigenvalue weighted by atomic mass is 15.1. The molecule has 0 unspecified atom stereocenters. The van der Waals surface area contributed by atoms with Crippen LogP contribution in [0.3, 0.4) is 0 Å². The molecule has 0 fully saturated rings. The second kappa shape index (κ2) is 8.48. The van der Waals surface area contributed by atoms with Crippen LogP contribution in [0.5, 0.6) is 0 Å². The third-order valence-electron chi connectivity index (χ3n) is 2.16. The number of nitrogens with two attached hydrogens (primary N) is 1. The van der Waals surface area contributed by atoms with E-state index in [0.29, 0.717) is 0 Å². The predicted octanol–water partition coefficient (Wildman–Crippen LogP) is 0.609. The van der Waals surface area contributed by atoms with Crippen molar-refractivity contribution in [2.75, 3.05) is 47.3 Å². The molecule has 0 atom stereocenters. The van der Waals surface area contributed by atoms with Gasteiger partial charge in [-0.3, -0.25) is 0 Å². The average Bonchev–Trinajstić information content (AvgIpc) is 2.03. The fourth-order valence-corrected chi connectivity index (χ4v) is 1.32. The first-order valence-corrected chi connectivity index (χ1v) is 5.20. The molecule has 0 aromatic rings. The van der Waals surface area contributed by atoms with Gasteiger partial charge in [-0.2, -0.15) is 0 Å². The molecule has 0 saturated heterocycles. The van der Waals surface area contributed by atoms with E-state index >= 15 is 0 Å². The Bertz CT molecular complexity index is 104. The molecule has 0 aliphatic carbocycles. The summed E-state index contributed by atoms with van der Waals surface area (Å²) in [6.07, 6.45) is 3.93. The minimum atomic E-state index is 0.772. The van der Waals surface area contributed by atoms with Crippen LogP contribution in [0.2, 0.25) is 0 Å². The van der Waals surface area contributed by atoms with Crippen LogP contribution < -0.4 is 5.73 Å². The lowest BCUT2D eigenvalue weighted by atomic mass is 10.2. The van der Waals surface area contributed by atoms with Crippen LogP contribution >= 0.6 is 0 Å². The Morgan fingerprint density at radius 1 is 0.846 bits per heavy atom. The van der Waals surface area contributed by atoms with Crippen molar-refractivity contribution in [3.63, 3.8) is 0 Å². The molecule has 0 spiro atoms. The van der Waals surface area contributed by atoms with Crippen molar-refractivity contribution in [3.8, 4) is 0 Å². The molecule has 0 heterocycles. The quantitative estimate of drug-likeness (QED) is 0.565. The summed E-state index contributed by atoms with van der Waals surface area (Å²) in [5, 5.41) is 0. The molecule has 0 saturated carbocycles. The maximum Gasteiger partial charge on any atom is 0.0102 e. The van der Waals surface area contributed by atoms with E-state index in [4.69, 9.17) is 5.73 Å². The number of rotatable bonds is 8. The summed E-state index contributed by atoms with van der Waals surface area (Å²) in [7, 11) is 6.39. The summed E-state index contributed by atoms with van der Waals surface area (Å²) < 4.78 is 0. The van der Waals surface area contributed by atoms with Crippen LogP contribution in [0, 0.1) is 0 Å². The first-order chi connectivity index (χ1) is 6.16. The molecule has 0 radical (unpaired) electrons. The predicted molar refractivity (Wildman–Crippen MR) is 59.0 cm³/mol. The molecule has 0 aliphatic rings. The van der Waals surface area contributed by atoms with Crippen LogP contribution in [0.4, 0.5) is 0 Å². The lowest BCUT2D eigenvalue weighted by Gasteiger charge is -2.15. The average molecular weight is 187 g/mol. The van der Waals surface area contributed by atoms with Gasteiger partial charge in [0.1, 0.15) is 0 Å². The van der Waals surface area contributed by atoms with E-state index in [0.717, 1.165) is 13.1 Å². The molecular formula is C10H25N3. The third kappa shape index (κ3) is 9.80. The summed E-state index contributed by atoms with van der Waals surface area (Å²) in [5.41, 5.74) is 5.45. The van der Waals surface area contributed by atoms with Gasteiger partial charge in [-0.05, 0) is 47.1 Å². The molecule has 80 valence electrons. The highest BCUT2D eigenvalue weighted by molar-refractivity contribution is 4.53. The van der Waals surface area contributed by atoms with Gasteiger partial charge in [-0.1, -0.05) is 6.42 Å². The Morgan fingerprint density at radius 3 is 2.00 bits per heavy atom. The smallest absolute Gasteiger partial charge is 0.0102 e. The summed E-state index contributed by atoms with van der Waals surface area (Å²) >= 11 is 0. The van der Waals surface area contributed by atoms with E-state index in [9.17, 15) is 0 Å². The van der Waals surface area contributed by atoms with E-state index in [1.165, 1.54) is 32.4 Å².